The zero-order chi connectivity index (χ0) is 17.2. The highest BCUT2D eigenvalue weighted by molar-refractivity contribution is 9.10. The summed E-state index contributed by atoms with van der Waals surface area (Å²) in [6.45, 7) is 1.53. The lowest BCUT2D eigenvalue weighted by Gasteiger charge is -2.14. The Labute approximate surface area is 143 Å². The van der Waals surface area contributed by atoms with E-state index in [-0.39, 0.29) is 10.9 Å². The molecule has 0 aliphatic heterocycles. The second-order valence-corrected chi connectivity index (χ2v) is 7.59. The van der Waals surface area contributed by atoms with Crippen LogP contribution in [0.2, 0.25) is 5.02 Å². The topological polar surface area (TPSA) is 69.9 Å². The first-order chi connectivity index (χ1) is 10.5. The molecule has 1 heterocycles. The molecule has 0 radical (unpaired) electrons. The largest absolute Gasteiger partial charge is 0.416 e. The first kappa shape index (κ1) is 16.6. The van der Waals surface area contributed by atoms with Crippen molar-refractivity contribution in [3.05, 3.63) is 40.0 Å². The third kappa shape index (κ3) is 2.83. The Bertz CT molecular complexity index is 762. The number of nitrogens with two attached hydrogens (primary N) is 2. The van der Waals surface area contributed by atoms with Crippen LogP contribution in [0.3, 0.4) is 0 Å². The van der Waals surface area contributed by atoms with Gasteiger partial charge in [0.1, 0.15) is 5.82 Å². The highest BCUT2D eigenvalue weighted by Gasteiger charge is 2.51. The van der Waals surface area contributed by atoms with Crippen LogP contribution >= 0.6 is 27.5 Å². The van der Waals surface area contributed by atoms with E-state index in [1.54, 1.807) is 6.20 Å². The Morgan fingerprint density at radius 3 is 2.52 bits per heavy atom. The van der Waals surface area contributed by atoms with E-state index in [1.807, 2.05) is 0 Å². The highest BCUT2D eigenvalue weighted by atomic mass is 79.9. The fourth-order valence-electron chi connectivity index (χ4n) is 2.61. The van der Waals surface area contributed by atoms with Crippen molar-refractivity contribution in [2.24, 2.45) is 5.73 Å². The van der Waals surface area contributed by atoms with Gasteiger partial charge in [-0.05, 0) is 31.0 Å². The molecule has 2 unspecified atom stereocenters. The molecule has 2 atom stereocenters. The molecular formula is C14H13BrClF3N4. The van der Waals surface area contributed by atoms with Gasteiger partial charge in [-0.2, -0.15) is 18.3 Å². The van der Waals surface area contributed by atoms with Crippen LogP contribution < -0.4 is 11.5 Å². The molecule has 0 spiro atoms. The van der Waals surface area contributed by atoms with Crippen LogP contribution in [0.25, 0.3) is 5.69 Å². The molecule has 4 nitrogen and oxygen atoms in total. The third-order valence-electron chi connectivity index (χ3n) is 3.94. The maximum absolute atomic E-state index is 12.8. The quantitative estimate of drug-likeness (QED) is 0.582. The van der Waals surface area contributed by atoms with E-state index in [1.165, 1.54) is 11.6 Å². The van der Waals surface area contributed by atoms with E-state index in [2.05, 4.69) is 21.0 Å². The minimum atomic E-state index is -4.46. The van der Waals surface area contributed by atoms with Crippen LogP contribution in [0, 0.1) is 6.92 Å². The monoisotopic (exact) mass is 408 g/mol. The van der Waals surface area contributed by atoms with Crippen molar-refractivity contribution in [1.29, 1.82) is 0 Å². The molecule has 1 aromatic heterocycles. The molecule has 1 saturated carbocycles. The summed E-state index contributed by atoms with van der Waals surface area (Å²) in [6.07, 6.45) is -2.18. The van der Waals surface area contributed by atoms with Crippen molar-refractivity contribution in [3.63, 3.8) is 0 Å². The summed E-state index contributed by atoms with van der Waals surface area (Å²) in [6, 6.07) is 1.90. The van der Waals surface area contributed by atoms with E-state index < -0.39 is 16.2 Å². The van der Waals surface area contributed by atoms with Crippen LogP contribution in [0.15, 0.2) is 18.3 Å². The average molecular weight is 410 g/mol. The molecule has 23 heavy (non-hydrogen) atoms. The molecule has 0 bridgehead atoms. The van der Waals surface area contributed by atoms with Crippen molar-refractivity contribution in [2.75, 3.05) is 5.73 Å². The van der Waals surface area contributed by atoms with Gasteiger partial charge < -0.3 is 11.5 Å². The second-order valence-electron chi connectivity index (χ2n) is 5.70. The van der Waals surface area contributed by atoms with E-state index in [4.69, 9.17) is 23.1 Å². The van der Waals surface area contributed by atoms with E-state index in [0.29, 0.717) is 23.5 Å². The molecule has 124 valence electrons. The van der Waals surface area contributed by atoms with Gasteiger partial charge in [0.25, 0.3) is 0 Å². The van der Waals surface area contributed by atoms with E-state index in [0.717, 1.165) is 17.7 Å². The minimum absolute atomic E-state index is 0.0183. The number of aryl methyl sites for hydroxylation is 1. The lowest BCUT2D eigenvalue weighted by molar-refractivity contribution is -0.137. The third-order valence-corrected chi connectivity index (χ3v) is 5.11. The first-order valence-corrected chi connectivity index (χ1v) is 7.88. The maximum atomic E-state index is 12.8. The number of benzene rings is 1. The van der Waals surface area contributed by atoms with Gasteiger partial charge in [-0.3, -0.25) is 0 Å². The van der Waals surface area contributed by atoms with Gasteiger partial charge in [0.15, 0.2) is 0 Å². The SMILES string of the molecule is Cc1cc(C(F)(F)F)cc(Cl)c1-n1ncc(C2CC2(N)Br)c1N. The zero-order valence-corrected chi connectivity index (χ0v) is 14.3. The summed E-state index contributed by atoms with van der Waals surface area (Å²) in [5.74, 6) is 0.344. The van der Waals surface area contributed by atoms with Gasteiger partial charge >= 0.3 is 6.18 Å². The Morgan fingerprint density at radius 1 is 1.43 bits per heavy atom. The van der Waals surface area contributed by atoms with Gasteiger partial charge in [0.2, 0.25) is 0 Å². The van der Waals surface area contributed by atoms with Crippen LogP contribution in [0.5, 0.6) is 0 Å². The Morgan fingerprint density at radius 2 is 2.04 bits per heavy atom. The number of alkyl halides is 4. The van der Waals surface area contributed by atoms with Crippen molar-refractivity contribution in [3.8, 4) is 5.69 Å². The molecule has 4 N–H and O–H groups in total. The predicted octanol–water partition coefficient (Wildman–Crippen LogP) is 3.97. The number of aromatic nitrogens is 2. The molecule has 0 amide bonds. The number of nitrogen functional groups attached to an aromatic ring is 1. The Balaban J connectivity index is 2.07. The van der Waals surface area contributed by atoms with Gasteiger partial charge in [-0.25, -0.2) is 4.68 Å². The van der Waals surface area contributed by atoms with Crippen LogP contribution in [0.1, 0.15) is 29.0 Å². The summed E-state index contributed by atoms with van der Waals surface area (Å²) in [4.78, 5) is 0. The molecule has 1 aliphatic carbocycles. The summed E-state index contributed by atoms with van der Waals surface area (Å²) in [5.41, 5.74) is 12.7. The van der Waals surface area contributed by atoms with Gasteiger partial charge in [-0.15, -0.1) is 0 Å². The summed E-state index contributed by atoms with van der Waals surface area (Å²) < 4.78 is 39.4. The molecule has 3 rings (SSSR count). The summed E-state index contributed by atoms with van der Waals surface area (Å²) in [7, 11) is 0. The fraction of sp³-hybridized carbons (Fsp3) is 0.357. The first-order valence-electron chi connectivity index (χ1n) is 6.71. The maximum Gasteiger partial charge on any atom is 0.416 e. The van der Waals surface area contributed by atoms with Crippen molar-refractivity contribution >= 4 is 33.3 Å². The van der Waals surface area contributed by atoms with Gasteiger partial charge in [0, 0.05) is 11.5 Å². The van der Waals surface area contributed by atoms with E-state index in [9.17, 15) is 13.2 Å². The zero-order valence-electron chi connectivity index (χ0n) is 12.0. The predicted molar refractivity (Wildman–Crippen MR) is 85.9 cm³/mol. The smallest absolute Gasteiger partial charge is 0.383 e. The number of hydrogen-bond donors (Lipinski definition) is 2. The van der Waals surface area contributed by atoms with Crippen LogP contribution in [-0.2, 0) is 6.18 Å². The van der Waals surface area contributed by atoms with Crippen molar-refractivity contribution < 1.29 is 13.2 Å². The second kappa shape index (κ2) is 5.12. The summed E-state index contributed by atoms with van der Waals surface area (Å²) in [5, 5.41) is 4.11. The lowest BCUT2D eigenvalue weighted by atomic mass is 10.1. The molecule has 0 saturated heterocycles. The van der Waals surface area contributed by atoms with Crippen LogP contribution in [0.4, 0.5) is 19.0 Å². The Kier molecular flexibility index (Phi) is 3.70. The molecule has 1 fully saturated rings. The van der Waals surface area contributed by atoms with E-state index >= 15 is 0 Å². The molecule has 9 heteroatoms. The number of nitrogens with zero attached hydrogens (tertiary/aromatic N) is 2. The average Bonchev–Trinajstić information content (AvgIpc) is 2.86. The number of hydrogen-bond acceptors (Lipinski definition) is 3. The van der Waals surface area contributed by atoms with Crippen molar-refractivity contribution in [1.82, 2.24) is 9.78 Å². The number of halogens is 5. The van der Waals surface area contributed by atoms with Crippen molar-refractivity contribution in [2.45, 2.75) is 29.9 Å². The summed E-state index contributed by atoms with van der Waals surface area (Å²) >= 11 is 9.44. The fourth-order valence-corrected chi connectivity index (χ4v) is 3.53. The standard InChI is InChI=1S/C14H13BrClF3N4/c1-6-2-7(14(17,18)19)3-10(16)11(6)23-12(20)8(5-22-23)9-4-13(9,15)21/h2-3,5,9H,4,20-21H2,1H3. The highest BCUT2D eigenvalue weighted by Crippen LogP contribution is 2.55. The molecule has 2 aromatic rings. The number of rotatable bonds is 2. The van der Waals surface area contributed by atoms with Gasteiger partial charge in [0.05, 0.1) is 26.9 Å². The minimum Gasteiger partial charge on any atom is -0.383 e. The molecular weight excluding hydrogens is 397 g/mol. The normalized spacial score (nSPS) is 24.0. The number of anilines is 1. The Hall–Kier alpha value is -1.25. The molecule has 1 aliphatic rings. The van der Waals surface area contributed by atoms with Crippen LogP contribution in [-0.4, -0.2) is 14.2 Å². The molecule has 1 aromatic carbocycles. The lowest BCUT2D eigenvalue weighted by Crippen LogP contribution is -2.15. The van der Waals surface area contributed by atoms with Gasteiger partial charge in [-0.1, -0.05) is 27.5 Å².